The quantitative estimate of drug-likeness (QED) is 0.217. The molecule has 10 heteroatoms. The molecule has 1 aromatic heterocycles. The van der Waals surface area contributed by atoms with Crippen LogP contribution in [0.2, 0.25) is 0 Å². The normalized spacial score (nSPS) is 12.6. The number of nitrogens with zero attached hydrogens (tertiary/aromatic N) is 3. The number of hydrogen-bond acceptors (Lipinski definition) is 5. The monoisotopic (exact) mass is 670 g/mol. The molecule has 0 aliphatic carbocycles. The number of aromatic nitrogens is 2. The molecular formula is C31H20Br2N4O4. The van der Waals surface area contributed by atoms with Crippen molar-refractivity contribution >= 4 is 66.2 Å². The van der Waals surface area contributed by atoms with Crippen molar-refractivity contribution in [1.82, 2.24) is 14.5 Å². The molecule has 1 N–H and O–H groups in total. The molecule has 41 heavy (non-hydrogen) atoms. The summed E-state index contributed by atoms with van der Waals surface area (Å²) in [6.45, 7) is -0.0278. The number of imide groups is 1. The van der Waals surface area contributed by atoms with Crippen LogP contribution in [-0.2, 0) is 4.79 Å². The molecule has 0 unspecified atom stereocenters. The van der Waals surface area contributed by atoms with Crippen LogP contribution in [0.3, 0.4) is 0 Å². The lowest BCUT2D eigenvalue weighted by atomic mass is 10.1. The predicted octanol–water partition coefficient (Wildman–Crippen LogP) is 6.20. The van der Waals surface area contributed by atoms with Gasteiger partial charge in [0.2, 0.25) is 5.91 Å². The van der Waals surface area contributed by atoms with E-state index in [0.29, 0.717) is 43.7 Å². The Morgan fingerprint density at radius 1 is 0.805 bits per heavy atom. The zero-order valence-electron chi connectivity index (χ0n) is 21.3. The van der Waals surface area contributed by atoms with E-state index in [4.69, 9.17) is 4.98 Å². The van der Waals surface area contributed by atoms with Crippen LogP contribution in [-0.4, -0.2) is 38.7 Å². The van der Waals surface area contributed by atoms with Gasteiger partial charge in [0.25, 0.3) is 17.4 Å². The summed E-state index contributed by atoms with van der Waals surface area (Å²) in [5.41, 5.74) is 2.86. The molecule has 2 heterocycles. The smallest absolute Gasteiger partial charge is 0.266 e. The number of amides is 3. The van der Waals surface area contributed by atoms with Gasteiger partial charge >= 0.3 is 0 Å². The number of halogens is 2. The van der Waals surface area contributed by atoms with Crippen molar-refractivity contribution in [2.45, 2.75) is 6.42 Å². The van der Waals surface area contributed by atoms with Crippen LogP contribution < -0.4 is 10.9 Å². The van der Waals surface area contributed by atoms with Gasteiger partial charge in [-0.15, -0.1) is 0 Å². The first-order valence-electron chi connectivity index (χ1n) is 12.6. The number of carbonyl (C=O) groups excluding carboxylic acids is 3. The molecule has 202 valence electrons. The van der Waals surface area contributed by atoms with Gasteiger partial charge in [0, 0.05) is 33.2 Å². The second-order valence-corrected chi connectivity index (χ2v) is 11.1. The number of anilines is 1. The van der Waals surface area contributed by atoms with E-state index >= 15 is 0 Å². The van der Waals surface area contributed by atoms with Gasteiger partial charge in [-0.1, -0.05) is 58.4 Å². The Bertz CT molecular complexity index is 1890. The van der Waals surface area contributed by atoms with Crippen molar-refractivity contribution < 1.29 is 14.4 Å². The van der Waals surface area contributed by atoms with E-state index in [1.165, 1.54) is 0 Å². The van der Waals surface area contributed by atoms with Crippen LogP contribution in [0.4, 0.5) is 5.69 Å². The second-order valence-electron chi connectivity index (χ2n) is 9.38. The van der Waals surface area contributed by atoms with E-state index in [1.807, 2.05) is 36.4 Å². The number of carbonyl (C=O) groups is 3. The SMILES string of the molecule is O=C(CCN1C(=O)c2ccccc2C1=O)Nc1ccc(-n2c(-c3ccccc3)nc3c(Br)cc(Br)cc3c2=O)cc1. The van der Waals surface area contributed by atoms with Crippen LogP contribution in [0.25, 0.3) is 28.0 Å². The van der Waals surface area contributed by atoms with E-state index < -0.39 is 11.8 Å². The average Bonchev–Trinajstić information content (AvgIpc) is 3.22. The van der Waals surface area contributed by atoms with Gasteiger partial charge in [-0.25, -0.2) is 4.98 Å². The molecule has 0 bridgehead atoms. The Balaban J connectivity index is 1.25. The Morgan fingerprint density at radius 3 is 2.10 bits per heavy atom. The van der Waals surface area contributed by atoms with Gasteiger partial charge in [-0.05, 0) is 64.5 Å². The molecule has 8 nitrogen and oxygen atoms in total. The van der Waals surface area contributed by atoms with Crippen molar-refractivity contribution in [3.63, 3.8) is 0 Å². The summed E-state index contributed by atoms with van der Waals surface area (Å²) in [6.07, 6.45) is -0.0524. The molecule has 0 spiro atoms. The van der Waals surface area contributed by atoms with Crippen molar-refractivity contribution in [3.05, 3.63) is 121 Å². The first-order valence-corrected chi connectivity index (χ1v) is 14.2. The maximum absolute atomic E-state index is 13.8. The molecule has 0 atom stereocenters. The van der Waals surface area contributed by atoms with Crippen molar-refractivity contribution in [2.24, 2.45) is 0 Å². The maximum Gasteiger partial charge on any atom is 0.266 e. The number of fused-ring (bicyclic) bond motifs is 2. The van der Waals surface area contributed by atoms with Gasteiger partial charge in [0.1, 0.15) is 5.82 Å². The summed E-state index contributed by atoms with van der Waals surface area (Å²) >= 11 is 6.98. The topological polar surface area (TPSA) is 101 Å². The number of benzene rings is 4. The molecular weight excluding hydrogens is 652 g/mol. The van der Waals surface area contributed by atoms with Crippen LogP contribution in [0.15, 0.2) is 105 Å². The zero-order chi connectivity index (χ0) is 28.7. The van der Waals surface area contributed by atoms with E-state index in [2.05, 4.69) is 37.2 Å². The van der Waals surface area contributed by atoms with Crippen LogP contribution in [0, 0.1) is 0 Å². The Hall–Kier alpha value is -4.41. The molecule has 6 rings (SSSR count). The van der Waals surface area contributed by atoms with Gasteiger partial charge < -0.3 is 5.32 Å². The molecule has 4 aromatic carbocycles. The molecule has 1 aliphatic heterocycles. The number of hydrogen-bond donors (Lipinski definition) is 1. The summed E-state index contributed by atoms with van der Waals surface area (Å²) in [5, 5.41) is 3.24. The largest absolute Gasteiger partial charge is 0.326 e. The molecule has 5 aromatic rings. The molecule has 3 amide bonds. The zero-order valence-corrected chi connectivity index (χ0v) is 24.5. The molecule has 0 saturated heterocycles. The highest BCUT2D eigenvalue weighted by Crippen LogP contribution is 2.29. The lowest BCUT2D eigenvalue weighted by molar-refractivity contribution is -0.116. The summed E-state index contributed by atoms with van der Waals surface area (Å²) in [5.74, 6) is -0.668. The van der Waals surface area contributed by atoms with Crippen molar-refractivity contribution in [3.8, 4) is 17.1 Å². The maximum atomic E-state index is 13.8. The molecule has 0 radical (unpaired) electrons. The van der Waals surface area contributed by atoms with Crippen molar-refractivity contribution in [1.29, 1.82) is 0 Å². The lowest BCUT2D eigenvalue weighted by Crippen LogP contribution is -2.32. The van der Waals surface area contributed by atoms with E-state index in [-0.39, 0.29) is 24.4 Å². The van der Waals surface area contributed by atoms with Gasteiger partial charge in [0.05, 0.1) is 27.7 Å². The average molecular weight is 672 g/mol. The summed E-state index contributed by atoms with van der Waals surface area (Å²) in [6, 6.07) is 26.5. The molecule has 0 fully saturated rings. The van der Waals surface area contributed by atoms with Crippen molar-refractivity contribution in [2.75, 3.05) is 11.9 Å². The Labute approximate surface area is 250 Å². The van der Waals surface area contributed by atoms with E-state index in [9.17, 15) is 19.2 Å². The summed E-state index contributed by atoms with van der Waals surface area (Å²) < 4.78 is 2.99. The van der Waals surface area contributed by atoms with Crippen LogP contribution >= 0.6 is 31.9 Å². The highest BCUT2D eigenvalue weighted by atomic mass is 79.9. The summed E-state index contributed by atoms with van der Waals surface area (Å²) in [7, 11) is 0. The minimum absolute atomic E-state index is 0.0278. The number of nitrogens with one attached hydrogen (secondary N) is 1. The number of rotatable bonds is 6. The third kappa shape index (κ3) is 5.00. The Morgan fingerprint density at radius 2 is 1.44 bits per heavy atom. The van der Waals surface area contributed by atoms with Gasteiger partial charge in [-0.3, -0.25) is 28.6 Å². The van der Waals surface area contributed by atoms with E-state index in [0.717, 1.165) is 14.9 Å². The molecule has 0 saturated carbocycles. The predicted molar refractivity (Wildman–Crippen MR) is 163 cm³/mol. The highest BCUT2D eigenvalue weighted by Gasteiger charge is 2.35. The third-order valence-electron chi connectivity index (χ3n) is 6.77. The second kappa shape index (κ2) is 10.9. The lowest BCUT2D eigenvalue weighted by Gasteiger charge is -2.16. The fourth-order valence-corrected chi connectivity index (χ4v) is 6.12. The minimum atomic E-state index is -0.398. The first-order chi connectivity index (χ1) is 19.8. The van der Waals surface area contributed by atoms with Crippen LogP contribution in [0.1, 0.15) is 27.1 Å². The third-order valence-corrected chi connectivity index (χ3v) is 7.84. The minimum Gasteiger partial charge on any atom is -0.326 e. The standard InChI is InChI=1S/C31H20Br2N4O4/c32-19-16-24-27(25(33)17-19)35-28(18-6-2-1-3-7-18)37(31(24)41)21-12-10-20(11-13-21)34-26(38)14-15-36-29(39)22-8-4-5-9-23(22)30(36)40/h1-13,16-17H,14-15H2,(H,34,38). The first kappa shape index (κ1) is 26.8. The fourth-order valence-electron chi connectivity index (χ4n) is 4.81. The Kier molecular flexibility index (Phi) is 7.10. The van der Waals surface area contributed by atoms with Crippen LogP contribution in [0.5, 0.6) is 0 Å². The van der Waals surface area contributed by atoms with E-state index in [1.54, 1.807) is 59.2 Å². The van der Waals surface area contributed by atoms with Gasteiger partial charge in [-0.2, -0.15) is 0 Å². The summed E-state index contributed by atoms with van der Waals surface area (Å²) in [4.78, 5) is 57.5. The van der Waals surface area contributed by atoms with Gasteiger partial charge in [0.15, 0.2) is 0 Å². The molecule has 1 aliphatic rings. The fraction of sp³-hybridized carbons (Fsp3) is 0.0645. The highest BCUT2D eigenvalue weighted by molar-refractivity contribution is 9.11.